The summed E-state index contributed by atoms with van der Waals surface area (Å²) in [6.07, 6.45) is 3.94. The van der Waals surface area contributed by atoms with Crippen molar-refractivity contribution in [2.24, 2.45) is 5.73 Å². The molecule has 4 rings (SSSR count). The van der Waals surface area contributed by atoms with E-state index in [1.54, 1.807) is 6.07 Å². The Morgan fingerprint density at radius 1 is 1.30 bits per heavy atom. The number of aromatic nitrogens is 2. The summed E-state index contributed by atoms with van der Waals surface area (Å²) in [4.78, 5) is 5.33. The van der Waals surface area contributed by atoms with Crippen LogP contribution in [0.4, 0.5) is 4.39 Å². The van der Waals surface area contributed by atoms with Crippen molar-refractivity contribution in [2.75, 3.05) is 0 Å². The molecular formula is C16H17ClFN3OS. The van der Waals surface area contributed by atoms with Crippen LogP contribution in [0.2, 0.25) is 0 Å². The molecule has 0 radical (unpaired) electrons. The first-order chi connectivity index (χ1) is 10.6. The zero-order valence-electron chi connectivity index (χ0n) is 12.6. The van der Waals surface area contributed by atoms with Gasteiger partial charge in [0.2, 0.25) is 0 Å². The summed E-state index contributed by atoms with van der Waals surface area (Å²) in [5.41, 5.74) is 6.73. The van der Waals surface area contributed by atoms with Gasteiger partial charge in [0, 0.05) is 10.1 Å². The normalized spacial score (nSPS) is 16.7. The summed E-state index contributed by atoms with van der Waals surface area (Å²) in [5.74, 6) is 0.783. The summed E-state index contributed by atoms with van der Waals surface area (Å²) in [6.45, 7) is 1.88. The summed E-state index contributed by atoms with van der Waals surface area (Å²) in [7, 11) is 0. The van der Waals surface area contributed by atoms with Crippen LogP contribution in [0.1, 0.15) is 37.1 Å². The minimum Gasteiger partial charge on any atom is -0.333 e. The van der Waals surface area contributed by atoms with Crippen LogP contribution in [-0.2, 0) is 5.54 Å². The van der Waals surface area contributed by atoms with E-state index < -0.39 is 5.54 Å². The van der Waals surface area contributed by atoms with Gasteiger partial charge in [-0.2, -0.15) is 4.98 Å². The van der Waals surface area contributed by atoms with E-state index in [1.165, 1.54) is 17.4 Å². The van der Waals surface area contributed by atoms with Gasteiger partial charge in [0.1, 0.15) is 5.82 Å². The predicted molar refractivity (Wildman–Crippen MR) is 91.4 cm³/mol. The van der Waals surface area contributed by atoms with Crippen molar-refractivity contribution in [1.82, 2.24) is 10.1 Å². The Hall–Kier alpha value is -1.50. The maximum Gasteiger partial charge on any atom is 0.268 e. The summed E-state index contributed by atoms with van der Waals surface area (Å²) >= 11 is 1.47. The second kappa shape index (κ2) is 5.85. The predicted octanol–water partition coefficient (Wildman–Crippen LogP) is 4.55. The molecular weight excluding hydrogens is 337 g/mol. The largest absolute Gasteiger partial charge is 0.333 e. The number of hydrogen-bond acceptors (Lipinski definition) is 5. The quantitative estimate of drug-likeness (QED) is 0.734. The van der Waals surface area contributed by atoms with E-state index in [1.807, 2.05) is 13.0 Å². The van der Waals surface area contributed by atoms with Crippen molar-refractivity contribution >= 4 is 33.8 Å². The molecule has 1 saturated carbocycles. The van der Waals surface area contributed by atoms with E-state index in [0.29, 0.717) is 17.1 Å². The highest BCUT2D eigenvalue weighted by Gasteiger charge is 2.36. The molecule has 0 amide bonds. The summed E-state index contributed by atoms with van der Waals surface area (Å²) in [5, 5.41) is 4.71. The Kier molecular flexibility index (Phi) is 4.16. The van der Waals surface area contributed by atoms with Crippen LogP contribution < -0.4 is 5.73 Å². The van der Waals surface area contributed by atoms with E-state index in [9.17, 15) is 4.39 Å². The Labute approximate surface area is 143 Å². The number of nitrogens with two attached hydrogens (primary N) is 1. The highest BCUT2D eigenvalue weighted by Crippen LogP contribution is 2.40. The molecule has 0 aliphatic heterocycles. The fourth-order valence-electron chi connectivity index (χ4n) is 3.20. The van der Waals surface area contributed by atoms with E-state index in [2.05, 4.69) is 10.1 Å². The number of benzene rings is 1. The Morgan fingerprint density at radius 3 is 2.74 bits per heavy atom. The Bertz CT molecular complexity index is 854. The van der Waals surface area contributed by atoms with Crippen LogP contribution in [0.15, 0.2) is 22.7 Å². The molecule has 122 valence electrons. The molecule has 0 bridgehead atoms. The first-order valence-corrected chi connectivity index (χ1v) is 8.21. The van der Waals surface area contributed by atoms with Crippen molar-refractivity contribution in [2.45, 2.75) is 38.1 Å². The fourth-order valence-corrected chi connectivity index (χ4v) is 4.35. The minimum atomic E-state index is -0.475. The molecule has 0 unspecified atom stereocenters. The molecule has 3 aromatic rings. The number of thiophene rings is 1. The summed E-state index contributed by atoms with van der Waals surface area (Å²) < 4.78 is 20.3. The smallest absolute Gasteiger partial charge is 0.268 e. The van der Waals surface area contributed by atoms with Crippen molar-refractivity contribution in [3.63, 3.8) is 0 Å². The van der Waals surface area contributed by atoms with E-state index in [-0.39, 0.29) is 18.2 Å². The maximum atomic E-state index is 14.0. The lowest BCUT2D eigenvalue weighted by atomic mass is 9.99. The molecule has 7 heteroatoms. The van der Waals surface area contributed by atoms with Gasteiger partial charge in [-0.05, 0) is 37.5 Å². The van der Waals surface area contributed by atoms with Gasteiger partial charge < -0.3 is 10.3 Å². The van der Waals surface area contributed by atoms with Gasteiger partial charge >= 0.3 is 0 Å². The van der Waals surface area contributed by atoms with Gasteiger partial charge in [0.05, 0.1) is 10.4 Å². The van der Waals surface area contributed by atoms with Crippen molar-refractivity contribution in [3.05, 3.63) is 35.4 Å². The van der Waals surface area contributed by atoms with Crippen LogP contribution in [0.3, 0.4) is 0 Å². The lowest BCUT2D eigenvalue weighted by Crippen LogP contribution is -2.34. The molecule has 0 atom stereocenters. The lowest BCUT2D eigenvalue weighted by Gasteiger charge is -2.17. The van der Waals surface area contributed by atoms with Crippen molar-refractivity contribution < 1.29 is 8.91 Å². The lowest BCUT2D eigenvalue weighted by molar-refractivity contribution is 0.373. The van der Waals surface area contributed by atoms with Crippen LogP contribution >= 0.6 is 23.7 Å². The van der Waals surface area contributed by atoms with Gasteiger partial charge in [-0.3, -0.25) is 0 Å². The SMILES string of the molecule is Cc1c(-c2nc(C3(N)CCCC3)no2)sc2cccc(F)c12.Cl. The van der Waals surface area contributed by atoms with Crippen molar-refractivity contribution in [1.29, 1.82) is 0 Å². The molecule has 1 fully saturated rings. The highest BCUT2D eigenvalue weighted by atomic mass is 35.5. The molecule has 0 saturated heterocycles. The molecule has 1 aromatic carbocycles. The fraction of sp³-hybridized carbons (Fsp3) is 0.375. The number of rotatable bonds is 2. The van der Waals surface area contributed by atoms with Crippen LogP contribution in [0.25, 0.3) is 20.9 Å². The first-order valence-electron chi connectivity index (χ1n) is 7.39. The van der Waals surface area contributed by atoms with Gasteiger partial charge in [-0.15, -0.1) is 23.7 Å². The number of halogens is 2. The number of hydrogen-bond donors (Lipinski definition) is 1. The van der Waals surface area contributed by atoms with Crippen molar-refractivity contribution in [3.8, 4) is 10.8 Å². The van der Waals surface area contributed by atoms with E-state index in [4.69, 9.17) is 10.3 Å². The monoisotopic (exact) mass is 353 g/mol. The number of nitrogens with zero attached hydrogens (tertiary/aromatic N) is 2. The zero-order valence-corrected chi connectivity index (χ0v) is 14.3. The van der Waals surface area contributed by atoms with E-state index in [0.717, 1.165) is 40.8 Å². The first kappa shape index (κ1) is 16.4. The van der Waals surface area contributed by atoms with Crippen LogP contribution in [-0.4, -0.2) is 10.1 Å². The van der Waals surface area contributed by atoms with Crippen LogP contribution in [0.5, 0.6) is 0 Å². The third-order valence-corrected chi connectivity index (χ3v) is 5.71. The van der Waals surface area contributed by atoms with E-state index >= 15 is 0 Å². The van der Waals surface area contributed by atoms with Gasteiger partial charge in [-0.25, -0.2) is 4.39 Å². The standard InChI is InChI=1S/C16H16FN3OS.ClH/c1-9-12-10(17)5-4-6-11(12)22-13(9)14-19-15(20-21-14)16(18)7-2-3-8-16;/h4-6H,2-3,7-8,18H2,1H3;1H. The Balaban J connectivity index is 0.00000156. The number of aryl methyl sites for hydroxylation is 1. The second-order valence-corrected chi connectivity index (χ2v) is 7.01. The second-order valence-electron chi connectivity index (χ2n) is 5.96. The molecule has 4 nitrogen and oxygen atoms in total. The average molecular weight is 354 g/mol. The zero-order chi connectivity index (χ0) is 15.3. The average Bonchev–Trinajstić information content (AvgIpc) is 3.19. The molecule has 2 N–H and O–H groups in total. The van der Waals surface area contributed by atoms with Gasteiger partial charge in [0.15, 0.2) is 5.82 Å². The molecule has 2 heterocycles. The molecule has 23 heavy (non-hydrogen) atoms. The topological polar surface area (TPSA) is 64.9 Å². The third kappa shape index (κ3) is 2.55. The Morgan fingerprint density at radius 2 is 2.04 bits per heavy atom. The molecule has 1 aliphatic carbocycles. The molecule has 2 aromatic heterocycles. The van der Waals surface area contributed by atoms with Crippen LogP contribution in [0, 0.1) is 12.7 Å². The minimum absolute atomic E-state index is 0. The third-order valence-electron chi connectivity index (χ3n) is 4.46. The molecule has 0 spiro atoms. The number of fused-ring (bicyclic) bond motifs is 1. The molecule has 1 aliphatic rings. The maximum absolute atomic E-state index is 14.0. The summed E-state index contributed by atoms with van der Waals surface area (Å²) in [6, 6.07) is 5.08. The van der Waals surface area contributed by atoms with Gasteiger partial charge in [0.25, 0.3) is 5.89 Å². The van der Waals surface area contributed by atoms with Gasteiger partial charge in [-0.1, -0.05) is 24.1 Å². The highest BCUT2D eigenvalue weighted by molar-refractivity contribution is 7.22.